The summed E-state index contributed by atoms with van der Waals surface area (Å²) in [4.78, 5) is 12.5. The minimum atomic E-state index is -0.179. The third-order valence-electron chi connectivity index (χ3n) is 3.44. The Morgan fingerprint density at radius 3 is 2.43 bits per heavy atom. The van der Waals surface area contributed by atoms with E-state index >= 15 is 0 Å². The zero-order valence-corrected chi connectivity index (χ0v) is 13.7. The molecule has 2 aromatic rings. The maximum Gasteiger partial charge on any atom is 0.259 e. The number of aryl methyl sites for hydroxylation is 1. The van der Waals surface area contributed by atoms with Crippen molar-refractivity contribution in [2.24, 2.45) is 0 Å². The summed E-state index contributed by atoms with van der Waals surface area (Å²) in [5.74, 6) is 0.385. The second-order valence-corrected chi connectivity index (χ2v) is 5.05. The van der Waals surface area contributed by atoms with Gasteiger partial charge in [0.1, 0.15) is 12.4 Å². The van der Waals surface area contributed by atoms with Gasteiger partial charge in [-0.05, 0) is 43.2 Å². The van der Waals surface area contributed by atoms with Crippen LogP contribution in [-0.2, 0) is 11.2 Å². The van der Waals surface area contributed by atoms with E-state index in [0.29, 0.717) is 31.1 Å². The summed E-state index contributed by atoms with van der Waals surface area (Å²) in [6.07, 6.45) is 0.977. The Balaban J connectivity index is 2.03. The molecule has 1 amide bonds. The minimum absolute atomic E-state index is 0.179. The van der Waals surface area contributed by atoms with Crippen molar-refractivity contribution in [3.63, 3.8) is 0 Å². The van der Waals surface area contributed by atoms with Gasteiger partial charge in [0.15, 0.2) is 0 Å². The van der Waals surface area contributed by atoms with Crippen molar-refractivity contribution in [2.45, 2.75) is 20.3 Å². The predicted molar refractivity (Wildman–Crippen MR) is 92.2 cm³/mol. The molecule has 0 saturated carbocycles. The molecule has 0 aliphatic rings. The Morgan fingerprint density at radius 1 is 1.00 bits per heavy atom. The number of carbonyl (C=O) groups is 1. The molecule has 0 radical (unpaired) electrons. The van der Waals surface area contributed by atoms with Crippen molar-refractivity contribution < 1.29 is 14.3 Å². The van der Waals surface area contributed by atoms with Crippen molar-refractivity contribution in [2.75, 3.05) is 25.1 Å². The Kier molecular flexibility index (Phi) is 6.63. The van der Waals surface area contributed by atoms with Gasteiger partial charge in [-0.1, -0.05) is 31.2 Å². The van der Waals surface area contributed by atoms with Gasteiger partial charge in [0.2, 0.25) is 0 Å². The number of para-hydroxylation sites is 1. The first-order valence-electron chi connectivity index (χ1n) is 7.94. The average Bonchev–Trinajstić information content (AvgIpc) is 2.59. The van der Waals surface area contributed by atoms with E-state index in [1.54, 1.807) is 12.1 Å². The molecule has 0 unspecified atom stereocenters. The zero-order valence-electron chi connectivity index (χ0n) is 13.7. The summed E-state index contributed by atoms with van der Waals surface area (Å²) in [6.45, 7) is 5.61. The molecule has 2 aromatic carbocycles. The van der Waals surface area contributed by atoms with E-state index in [9.17, 15) is 4.79 Å². The van der Waals surface area contributed by atoms with Gasteiger partial charge < -0.3 is 14.8 Å². The van der Waals surface area contributed by atoms with E-state index < -0.39 is 0 Å². The summed E-state index contributed by atoms with van der Waals surface area (Å²) in [5, 5.41) is 2.90. The predicted octanol–water partition coefficient (Wildman–Crippen LogP) is 3.92. The lowest BCUT2D eigenvalue weighted by Crippen LogP contribution is -2.15. The molecule has 4 heteroatoms. The standard InChI is InChI=1S/C19H23NO3/c1-3-15-9-11-16(12-10-15)20-19(21)17-7-5-6-8-18(17)23-14-13-22-4-2/h5-12H,3-4,13-14H2,1-2H3,(H,20,21). The van der Waals surface area contributed by atoms with Crippen LogP contribution >= 0.6 is 0 Å². The van der Waals surface area contributed by atoms with Crippen LogP contribution in [0.2, 0.25) is 0 Å². The molecule has 0 aliphatic carbocycles. The van der Waals surface area contributed by atoms with E-state index in [1.165, 1.54) is 5.56 Å². The number of hydrogen-bond donors (Lipinski definition) is 1. The molecule has 0 aliphatic heterocycles. The van der Waals surface area contributed by atoms with Gasteiger partial charge in [0.05, 0.1) is 12.2 Å². The highest BCUT2D eigenvalue weighted by Gasteiger charge is 2.12. The molecule has 0 fully saturated rings. The number of ether oxygens (including phenoxy) is 2. The summed E-state index contributed by atoms with van der Waals surface area (Å²) in [6, 6.07) is 15.1. The fraction of sp³-hybridized carbons (Fsp3) is 0.316. The van der Waals surface area contributed by atoms with Gasteiger partial charge in [-0.3, -0.25) is 4.79 Å². The molecule has 0 heterocycles. The molecule has 122 valence electrons. The van der Waals surface area contributed by atoms with Gasteiger partial charge >= 0.3 is 0 Å². The summed E-state index contributed by atoms with van der Waals surface area (Å²) >= 11 is 0. The SMILES string of the molecule is CCOCCOc1ccccc1C(=O)Nc1ccc(CC)cc1. The number of hydrogen-bond acceptors (Lipinski definition) is 3. The molecule has 2 rings (SSSR count). The minimum Gasteiger partial charge on any atom is -0.490 e. The number of rotatable bonds is 8. The van der Waals surface area contributed by atoms with Crippen LogP contribution in [0.4, 0.5) is 5.69 Å². The largest absolute Gasteiger partial charge is 0.490 e. The number of carbonyl (C=O) groups excluding carboxylic acids is 1. The Hall–Kier alpha value is -2.33. The lowest BCUT2D eigenvalue weighted by Gasteiger charge is -2.12. The van der Waals surface area contributed by atoms with E-state index in [4.69, 9.17) is 9.47 Å². The molecule has 0 spiro atoms. The molecule has 1 N–H and O–H groups in total. The van der Waals surface area contributed by atoms with Gasteiger partial charge in [0, 0.05) is 12.3 Å². The van der Waals surface area contributed by atoms with E-state index in [-0.39, 0.29) is 5.91 Å². The average molecular weight is 313 g/mol. The van der Waals surface area contributed by atoms with Crippen LogP contribution < -0.4 is 10.1 Å². The molecule has 23 heavy (non-hydrogen) atoms. The fourth-order valence-corrected chi connectivity index (χ4v) is 2.16. The van der Waals surface area contributed by atoms with E-state index in [2.05, 4.69) is 12.2 Å². The number of amides is 1. The molecule has 4 nitrogen and oxygen atoms in total. The first-order valence-corrected chi connectivity index (χ1v) is 7.94. The highest BCUT2D eigenvalue weighted by Crippen LogP contribution is 2.20. The van der Waals surface area contributed by atoms with Crippen molar-refractivity contribution in [1.29, 1.82) is 0 Å². The normalized spacial score (nSPS) is 10.3. The highest BCUT2D eigenvalue weighted by atomic mass is 16.5. The van der Waals surface area contributed by atoms with Crippen molar-refractivity contribution in [3.8, 4) is 5.75 Å². The van der Waals surface area contributed by atoms with Crippen LogP contribution in [0.25, 0.3) is 0 Å². The molecule has 0 saturated heterocycles. The number of nitrogens with one attached hydrogen (secondary N) is 1. The number of anilines is 1. The zero-order chi connectivity index (χ0) is 16.5. The Morgan fingerprint density at radius 2 is 1.74 bits per heavy atom. The lowest BCUT2D eigenvalue weighted by molar-refractivity contribution is 0.0998. The summed E-state index contributed by atoms with van der Waals surface area (Å²) in [5.41, 5.74) is 2.53. The van der Waals surface area contributed by atoms with E-state index in [0.717, 1.165) is 12.1 Å². The Bertz CT molecular complexity index is 623. The third-order valence-corrected chi connectivity index (χ3v) is 3.44. The Labute approximate surface area is 137 Å². The van der Waals surface area contributed by atoms with E-state index in [1.807, 2.05) is 43.3 Å². The number of benzene rings is 2. The maximum atomic E-state index is 12.5. The monoisotopic (exact) mass is 313 g/mol. The van der Waals surface area contributed by atoms with Gasteiger partial charge in [0.25, 0.3) is 5.91 Å². The fourth-order valence-electron chi connectivity index (χ4n) is 2.16. The summed E-state index contributed by atoms with van der Waals surface area (Å²) in [7, 11) is 0. The second-order valence-electron chi connectivity index (χ2n) is 5.05. The quantitative estimate of drug-likeness (QED) is 0.752. The summed E-state index contributed by atoms with van der Waals surface area (Å²) < 4.78 is 10.9. The van der Waals surface area contributed by atoms with Crippen LogP contribution in [0.5, 0.6) is 5.75 Å². The first kappa shape index (κ1) is 17.0. The maximum absolute atomic E-state index is 12.5. The van der Waals surface area contributed by atoms with Gasteiger partial charge in [-0.15, -0.1) is 0 Å². The molecule has 0 aromatic heterocycles. The van der Waals surface area contributed by atoms with Gasteiger partial charge in [-0.25, -0.2) is 0 Å². The first-order chi connectivity index (χ1) is 11.2. The van der Waals surface area contributed by atoms with Crippen molar-refractivity contribution in [1.82, 2.24) is 0 Å². The lowest BCUT2D eigenvalue weighted by atomic mass is 10.1. The molecule has 0 bridgehead atoms. The molecular formula is C19H23NO3. The highest BCUT2D eigenvalue weighted by molar-refractivity contribution is 6.06. The van der Waals surface area contributed by atoms with Crippen molar-refractivity contribution in [3.05, 3.63) is 59.7 Å². The van der Waals surface area contributed by atoms with Crippen LogP contribution in [0.15, 0.2) is 48.5 Å². The second kappa shape index (κ2) is 8.96. The smallest absolute Gasteiger partial charge is 0.259 e. The van der Waals surface area contributed by atoms with Crippen LogP contribution in [0.1, 0.15) is 29.8 Å². The third kappa shape index (κ3) is 5.11. The van der Waals surface area contributed by atoms with Crippen molar-refractivity contribution >= 4 is 11.6 Å². The molecule has 0 atom stereocenters. The van der Waals surface area contributed by atoms with Crippen LogP contribution in [0, 0.1) is 0 Å². The molecular weight excluding hydrogens is 290 g/mol. The van der Waals surface area contributed by atoms with Crippen LogP contribution in [-0.4, -0.2) is 25.7 Å². The van der Waals surface area contributed by atoms with Crippen LogP contribution in [0.3, 0.4) is 0 Å². The van der Waals surface area contributed by atoms with Gasteiger partial charge in [-0.2, -0.15) is 0 Å². The topological polar surface area (TPSA) is 47.6 Å².